The number of hydrogen-bond acceptors (Lipinski definition) is 3. The van der Waals surface area contributed by atoms with Crippen molar-refractivity contribution in [2.24, 2.45) is 0 Å². The molecule has 0 bridgehead atoms. The normalized spacial score (nSPS) is 18.1. The molecule has 0 radical (unpaired) electrons. The summed E-state index contributed by atoms with van der Waals surface area (Å²) >= 11 is 0. The quantitative estimate of drug-likeness (QED) is 0.853. The Morgan fingerprint density at radius 3 is 2.64 bits per heavy atom. The zero-order valence-electron chi connectivity index (χ0n) is 13.0. The molecule has 1 aliphatic rings. The Bertz CT molecular complexity index is 533. The van der Waals surface area contributed by atoms with E-state index in [4.69, 9.17) is 0 Å². The first-order valence-electron chi connectivity index (χ1n) is 7.51. The lowest BCUT2D eigenvalue weighted by molar-refractivity contribution is -0.132. The number of amides is 2. The van der Waals surface area contributed by atoms with Crippen LogP contribution in [0.15, 0.2) is 24.3 Å². The number of likely N-dealkylation sites (tertiary alicyclic amines) is 1. The van der Waals surface area contributed by atoms with E-state index in [1.165, 1.54) is 12.1 Å². The molecule has 2 rings (SSSR count). The standard InChI is InChI=1S/C16H22FN3O2/c1-3-20(14-8-9-19(2)16(14)22)11-15(21)18-10-12-4-6-13(17)7-5-12/h4-7,14H,3,8-11H2,1-2H3,(H,18,21)/t14-/m1/s1. The van der Waals surface area contributed by atoms with Gasteiger partial charge in [0.15, 0.2) is 0 Å². The van der Waals surface area contributed by atoms with E-state index in [0.717, 1.165) is 18.5 Å². The van der Waals surface area contributed by atoms with E-state index < -0.39 is 0 Å². The van der Waals surface area contributed by atoms with Crippen molar-refractivity contribution in [3.63, 3.8) is 0 Å². The average molecular weight is 307 g/mol. The van der Waals surface area contributed by atoms with Crippen LogP contribution in [-0.4, -0.2) is 54.3 Å². The van der Waals surface area contributed by atoms with E-state index in [0.29, 0.717) is 13.1 Å². The fourth-order valence-corrected chi connectivity index (χ4v) is 2.63. The molecule has 0 aromatic heterocycles. The summed E-state index contributed by atoms with van der Waals surface area (Å²) in [6.45, 7) is 3.88. The summed E-state index contributed by atoms with van der Waals surface area (Å²) in [6, 6.07) is 5.82. The van der Waals surface area contributed by atoms with Gasteiger partial charge in [0.1, 0.15) is 5.82 Å². The second-order valence-corrected chi connectivity index (χ2v) is 5.53. The minimum Gasteiger partial charge on any atom is -0.351 e. The number of nitrogens with zero attached hydrogens (tertiary/aromatic N) is 2. The number of halogens is 1. The van der Waals surface area contributed by atoms with E-state index >= 15 is 0 Å². The lowest BCUT2D eigenvalue weighted by atomic mass is 10.2. The topological polar surface area (TPSA) is 52.7 Å². The van der Waals surface area contributed by atoms with Gasteiger partial charge >= 0.3 is 0 Å². The Hall–Kier alpha value is -1.95. The zero-order chi connectivity index (χ0) is 16.1. The van der Waals surface area contributed by atoms with Crippen LogP contribution in [0.5, 0.6) is 0 Å². The van der Waals surface area contributed by atoms with Crippen molar-refractivity contribution < 1.29 is 14.0 Å². The molecule has 1 fully saturated rings. The third kappa shape index (κ3) is 4.04. The van der Waals surface area contributed by atoms with Gasteiger partial charge in [-0.25, -0.2) is 4.39 Å². The molecule has 0 spiro atoms. The van der Waals surface area contributed by atoms with Crippen LogP contribution in [0.4, 0.5) is 4.39 Å². The molecule has 5 nitrogen and oxygen atoms in total. The highest BCUT2D eigenvalue weighted by molar-refractivity contribution is 5.85. The van der Waals surface area contributed by atoms with Gasteiger partial charge < -0.3 is 10.2 Å². The first-order valence-corrected chi connectivity index (χ1v) is 7.51. The number of rotatable bonds is 6. The summed E-state index contributed by atoms with van der Waals surface area (Å²) in [5.41, 5.74) is 0.842. The summed E-state index contributed by atoms with van der Waals surface area (Å²) in [6.07, 6.45) is 0.758. The average Bonchev–Trinajstić information content (AvgIpc) is 2.84. The highest BCUT2D eigenvalue weighted by atomic mass is 19.1. The first kappa shape index (κ1) is 16.4. The van der Waals surface area contributed by atoms with Gasteiger partial charge in [-0.15, -0.1) is 0 Å². The first-order chi connectivity index (χ1) is 10.5. The van der Waals surface area contributed by atoms with E-state index in [-0.39, 0.29) is 30.2 Å². The number of likely N-dealkylation sites (N-methyl/N-ethyl adjacent to an activating group) is 2. The van der Waals surface area contributed by atoms with E-state index in [1.807, 2.05) is 11.8 Å². The van der Waals surface area contributed by atoms with Crippen molar-refractivity contribution in [2.45, 2.75) is 25.9 Å². The third-order valence-corrected chi connectivity index (χ3v) is 4.00. The lowest BCUT2D eigenvalue weighted by Crippen LogP contribution is -2.46. The largest absolute Gasteiger partial charge is 0.351 e. The van der Waals surface area contributed by atoms with Crippen LogP contribution in [0.2, 0.25) is 0 Å². The van der Waals surface area contributed by atoms with Crippen LogP contribution in [0.3, 0.4) is 0 Å². The van der Waals surface area contributed by atoms with Crippen molar-refractivity contribution in [3.8, 4) is 0 Å². The van der Waals surface area contributed by atoms with Crippen LogP contribution < -0.4 is 5.32 Å². The lowest BCUT2D eigenvalue weighted by Gasteiger charge is -2.25. The molecule has 1 saturated heterocycles. The zero-order valence-corrected chi connectivity index (χ0v) is 13.0. The van der Waals surface area contributed by atoms with Gasteiger partial charge in [0.05, 0.1) is 12.6 Å². The maximum absolute atomic E-state index is 12.8. The molecule has 0 saturated carbocycles. The Morgan fingerprint density at radius 1 is 1.41 bits per heavy atom. The van der Waals surface area contributed by atoms with Gasteiger partial charge in [-0.2, -0.15) is 0 Å². The summed E-state index contributed by atoms with van der Waals surface area (Å²) < 4.78 is 12.8. The maximum Gasteiger partial charge on any atom is 0.239 e. The molecule has 1 aliphatic heterocycles. The van der Waals surface area contributed by atoms with Crippen molar-refractivity contribution >= 4 is 11.8 Å². The smallest absolute Gasteiger partial charge is 0.239 e. The molecule has 6 heteroatoms. The molecule has 22 heavy (non-hydrogen) atoms. The minimum atomic E-state index is -0.295. The van der Waals surface area contributed by atoms with Gasteiger partial charge in [-0.05, 0) is 30.7 Å². The van der Waals surface area contributed by atoms with Crippen LogP contribution in [0.1, 0.15) is 18.9 Å². The molecule has 1 aromatic carbocycles. The second kappa shape index (κ2) is 7.35. The molecule has 0 aliphatic carbocycles. The highest BCUT2D eigenvalue weighted by Gasteiger charge is 2.33. The van der Waals surface area contributed by atoms with E-state index in [2.05, 4.69) is 5.32 Å². The van der Waals surface area contributed by atoms with Crippen LogP contribution in [-0.2, 0) is 16.1 Å². The third-order valence-electron chi connectivity index (χ3n) is 4.00. The Morgan fingerprint density at radius 2 is 2.09 bits per heavy atom. The molecule has 1 atom stereocenters. The van der Waals surface area contributed by atoms with Crippen molar-refractivity contribution in [2.75, 3.05) is 26.7 Å². The van der Waals surface area contributed by atoms with Gasteiger partial charge in [0.2, 0.25) is 11.8 Å². The van der Waals surface area contributed by atoms with Gasteiger partial charge in [0, 0.05) is 20.1 Å². The fraction of sp³-hybridized carbons (Fsp3) is 0.500. The Labute approximate surface area is 130 Å². The van der Waals surface area contributed by atoms with Crippen LogP contribution >= 0.6 is 0 Å². The Kier molecular flexibility index (Phi) is 5.49. The van der Waals surface area contributed by atoms with Crippen LogP contribution in [0, 0.1) is 5.82 Å². The van der Waals surface area contributed by atoms with Crippen molar-refractivity contribution in [1.29, 1.82) is 0 Å². The van der Waals surface area contributed by atoms with Gasteiger partial charge in [-0.1, -0.05) is 19.1 Å². The number of carbonyl (C=O) groups is 2. The predicted octanol–water partition coefficient (Wildman–Crippen LogP) is 0.994. The number of nitrogens with one attached hydrogen (secondary N) is 1. The predicted molar refractivity (Wildman–Crippen MR) is 81.5 cm³/mol. The van der Waals surface area contributed by atoms with E-state index in [1.54, 1.807) is 24.1 Å². The molecule has 1 aromatic rings. The molecular formula is C16H22FN3O2. The number of hydrogen-bond donors (Lipinski definition) is 1. The molecule has 2 amide bonds. The molecule has 120 valence electrons. The molecule has 1 heterocycles. The number of benzene rings is 1. The SMILES string of the molecule is CCN(CC(=O)NCc1ccc(F)cc1)[C@@H]1CCN(C)C1=O. The highest BCUT2D eigenvalue weighted by Crippen LogP contribution is 2.15. The second-order valence-electron chi connectivity index (χ2n) is 5.53. The van der Waals surface area contributed by atoms with E-state index in [9.17, 15) is 14.0 Å². The monoisotopic (exact) mass is 307 g/mol. The summed E-state index contributed by atoms with van der Waals surface area (Å²) in [4.78, 5) is 27.7. The van der Waals surface area contributed by atoms with Crippen LogP contribution in [0.25, 0.3) is 0 Å². The van der Waals surface area contributed by atoms with Gasteiger partial charge in [0.25, 0.3) is 0 Å². The maximum atomic E-state index is 12.8. The summed E-state index contributed by atoms with van der Waals surface area (Å²) in [5.74, 6) is -0.349. The number of carbonyl (C=O) groups excluding carboxylic acids is 2. The molecule has 1 N–H and O–H groups in total. The minimum absolute atomic E-state index is 0.0770. The van der Waals surface area contributed by atoms with Crippen molar-refractivity contribution in [3.05, 3.63) is 35.6 Å². The summed E-state index contributed by atoms with van der Waals surface area (Å²) in [7, 11) is 1.78. The Balaban J connectivity index is 1.84. The fourth-order valence-electron chi connectivity index (χ4n) is 2.63. The molecule has 0 unspecified atom stereocenters. The summed E-state index contributed by atoms with van der Waals surface area (Å²) in [5, 5.41) is 2.80. The van der Waals surface area contributed by atoms with Gasteiger partial charge in [-0.3, -0.25) is 14.5 Å². The van der Waals surface area contributed by atoms with Crippen molar-refractivity contribution in [1.82, 2.24) is 15.1 Å². The molecular weight excluding hydrogens is 285 g/mol.